The van der Waals surface area contributed by atoms with E-state index in [9.17, 15) is 4.79 Å². The van der Waals surface area contributed by atoms with E-state index in [1.807, 2.05) is 6.07 Å². The number of amides is 1. The lowest BCUT2D eigenvalue weighted by atomic mass is 9.81. The van der Waals surface area contributed by atoms with Crippen molar-refractivity contribution >= 4 is 16.9 Å². The predicted octanol–water partition coefficient (Wildman–Crippen LogP) is 3.83. The maximum absolute atomic E-state index is 12.6. The van der Waals surface area contributed by atoms with Gasteiger partial charge in [0.15, 0.2) is 0 Å². The number of carbonyl (C=O) groups is 1. The van der Waals surface area contributed by atoms with Gasteiger partial charge in [0.05, 0.1) is 17.1 Å². The molecule has 0 bridgehead atoms. The molecule has 27 heavy (non-hydrogen) atoms. The number of hydrogen-bond acceptors (Lipinski definition) is 3. The van der Waals surface area contributed by atoms with Gasteiger partial charge in [0.25, 0.3) is 0 Å². The fourth-order valence-electron chi connectivity index (χ4n) is 4.75. The second kappa shape index (κ2) is 8.42. The largest absolute Gasteiger partial charge is 0.354 e. The molecule has 1 aromatic heterocycles. The van der Waals surface area contributed by atoms with Crippen LogP contribution in [-0.2, 0) is 4.79 Å². The van der Waals surface area contributed by atoms with Gasteiger partial charge in [0, 0.05) is 12.5 Å². The second-order valence-corrected chi connectivity index (χ2v) is 8.45. The van der Waals surface area contributed by atoms with Crippen LogP contribution in [0.4, 0.5) is 0 Å². The van der Waals surface area contributed by atoms with Crippen LogP contribution in [0.1, 0.15) is 63.1 Å². The van der Waals surface area contributed by atoms with Crippen molar-refractivity contribution in [3.05, 3.63) is 30.1 Å². The van der Waals surface area contributed by atoms with Gasteiger partial charge in [-0.1, -0.05) is 25.0 Å². The van der Waals surface area contributed by atoms with Gasteiger partial charge in [0.1, 0.15) is 5.82 Å². The SMILES string of the molecule is CN1CCCCC[C@@H]1C(=O)NCC1CCC(c2nc3ccccc3[nH]2)CC1. The number of nitrogens with zero attached hydrogens (tertiary/aromatic N) is 2. The average Bonchev–Trinajstić information content (AvgIpc) is 3.01. The fraction of sp³-hybridized carbons (Fsp3) is 0.636. The van der Waals surface area contributed by atoms with Crippen molar-refractivity contribution in [1.82, 2.24) is 20.2 Å². The number of nitrogens with one attached hydrogen (secondary N) is 2. The summed E-state index contributed by atoms with van der Waals surface area (Å²) in [6.07, 6.45) is 9.29. The molecule has 1 aliphatic carbocycles. The lowest BCUT2D eigenvalue weighted by Gasteiger charge is -2.29. The Hall–Kier alpha value is -1.88. The summed E-state index contributed by atoms with van der Waals surface area (Å²) >= 11 is 0. The number of para-hydroxylation sites is 2. The number of likely N-dealkylation sites (tertiary alicyclic amines) is 1. The van der Waals surface area contributed by atoms with Crippen molar-refractivity contribution in [3.8, 4) is 0 Å². The summed E-state index contributed by atoms with van der Waals surface area (Å²) in [5.41, 5.74) is 2.20. The number of H-pyrrole nitrogens is 1. The van der Waals surface area contributed by atoms with Gasteiger partial charge >= 0.3 is 0 Å². The first-order valence-corrected chi connectivity index (χ1v) is 10.6. The van der Waals surface area contributed by atoms with E-state index in [1.54, 1.807) is 0 Å². The molecule has 146 valence electrons. The van der Waals surface area contributed by atoms with Crippen molar-refractivity contribution in [2.45, 2.75) is 63.3 Å². The smallest absolute Gasteiger partial charge is 0.237 e. The summed E-state index contributed by atoms with van der Waals surface area (Å²) in [5.74, 6) is 2.50. The Bertz CT molecular complexity index is 730. The van der Waals surface area contributed by atoms with Gasteiger partial charge in [0.2, 0.25) is 5.91 Å². The van der Waals surface area contributed by atoms with E-state index >= 15 is 0 Å². The number of benzene rings is 1. The first kappa shape index (κ1) is 18.5. The van der Waals surface area contributed by atoms with E-state index in [0.717, 1.165) is 49.2 Å². The zero-order valence-electron chi connectivity index (χ0n) is 16.4. The average molecular weight is 369 g/mol. The number of imidazole rings is 1. The van der Waals surface area contributed by atoms with Gasteiger partial charge in [-0.3, -0.25) is 9.69 Å². The summed E-state index contributed by atoms with van der Waals surface area (Å²) in [7, 11) is 2.09. The van der Waals surface area contributed by atoms with E-state index in [4.69, 9.17) is 4.98 Å². The Morgan fingerprint density at radius 3 is 2.78 bits per heavy atom. The molecule has 2 aromatic rings. The van der Waals surface area contributed by atoms with Crippen molar-refractivity contribution in [2.24, 2.45) is 5.92 Å². The molecule has 1 aliphatic heterocycles. The maximum Gasteiger partial charge on any atom is 0.237 e. The van der Waals surface area contributed by atoms with Crippen LogP contribution < -0.4 is 5.32 Å². The number of aromatic amines is 1. The number of rotatable bonds is 4. The molecule has 1 saturated heterocycles. The highest BCUT2D eigenvalue weighted by Crippen LogP contribution is 2.35. The molecule has 0 radical (unpaired) electrons. The van der Waals surface area contributed by atoms with Crippen LogP contribution in [0, 0.1) is 5.92 Å². The summed E-state index contributed by atoms with van der Waals surface area (Å²) in [5, 5.41) is 3.25. The molecule has 1 atom stereocenters. The molecular formula is C22H32N4O. The molecule has 2 aliphatic rings. The minimum absolute atomic E-state index is 0.0689. The summed E-state index contributed by atoms with van der Waals surface area (Å²) < 4.78 is 0. The molecule has 0 spiro atoms. The molecule has 4 rings (SSSR count). The predicted molar refractivity (Wildman–Crippen MR) is 109 cm³/mol. The van der Waals surface area contributed by atoms with Crippen LogP contribution in [0.25, 0.3) is 11.0 Å². The van der Waals surface area contributed by atoms with Crippen LogP contribution in [0.15, 0.2) is 24.3 Å². The normalized spacial score (nSPS) is 27.4. The van der Waals surface area contributed by atoms with Gasteiger partial charge in [-0.2, -0.15) is 0 Å². The number of aromatic nitrogens is 2. The van der Waals surface area contributed by atoms with Crippen LogP contribution >= 0.6 is 0 Å². The van der Waals surface area contributed by atoms with E-state index in [2.05, 4.69) is 40.4 Å². The van der Waals surface area contributed by atoms with Crippen LogP contribution in [0.3, 0.4) is 0 Å². The summed E-state index contributed by atoms with van der Waals surface area (Å²) in [6, 6.07) is 8.33. The number of carbonyl (C=O) groups excluding carboxylic acids is 1. The van der Waals surface area contributed by atoms with Gasteiger partial charge < -0.3 is 10.3 Å². The highest BCUT2D eigenvalue weighted by molar-refractivity contribution is 5.81. The summed E-state index contributed by atoms with van der Waals surface area (Å²) in [4.78, 5) is 23.1. The monoisotopic (exact) mass is 368 g/mol. The number of likely N-dealkylation sites (N-methyl/N-ethyl adjacent to an activating group) is 1. The second-order valence-electron chi connectivity index (χ2n) is 8.45. The molecule has 5 nitrogen and oxygen atoms in total. The molecule has 2 heterocycles. The minimum Gasteiger partial charge on any atom is -0.354 e. The molecule has 2 fully saturated rings. The van der Waals surface area contributed by atoms with Gasteiger partial charge in [-0.05, 0) is 70.2 Å². The molecule has 5 heteroatoms. The summed E-state index contributed by atoms with van der Waals surface area (Å²) in [6.45, 7) is 1.87. The van der Waals surface area contributed by atoms with E-state index in [-0.39, 0.29) is 11.9 Å². The van der Waals surface area contributed by atoms with Gasteiger partial charge in [-0.15, -0.1) is 0 Å². The van der Waals surface area contributed by atoms with Crippen LogP contribution in [-0.4, -0.2) is 47.0 Å². The molecule has 1 saturated carbocycles. The molecule has 0 unspecified atom stereocenters. The van der Waals surface area contributed by atoms with E-state index in [1.165, 1.54) is 32.1 Å². The topological polar surface area (TPSA) is 61.0 Å². The highest BCUT2D eigenvalue weighted by Gasteiger charge is 2.27. The number of fused-ring (bicyclic) bond motifs is 1. The third-order valence-corrected chi connectivity index (χ3v) is 6.53. The third kappa shape index (κ3) is 4.34. The minimum atomic E-state index is 0.0689. The van der Waals surface area contributed by atoms with Crippen molar-refractivity contribution < 1.29 is 4.79 Å². The number of hydrogen-bond donors (Lipinski definition) is 2. The van der Waals surface area contributed by atoms with Crippen LogP contribution in [0.5, 0.6) is 0 Å². The highest BCUT2D eigenvalue weighted by atomic mass is 16.2. The molecule has 1 aromatic carbocycles. The molecule has 2 N–H and O–H groups in total. The maximum atomic E-state index is 12.6. The Morgan fingerprint density at radius 1 is 1.15 bits per heavy atom. The van der Waals surface area contributed by atoms with E-state index in [0.29, 0.717) is 11.8 Å². The third-order valence-electron chi connectivity index (χ3n) is 6.53. The zero-order chi connectivity index (χ0) is 18.6. The zero-order valence-corrected chi connectivity index (χ0v) is 16.4. The quantitative estimate of drug-likeness (QED) is 0.862. The molecular weight excluding hydrogens is 336 g/mol. The fourth-order valence-corrected chi connectivity index (χ4v) is 4.75. The van der Waals surface area contributed by atoms with Gasteiger partial charge in [-0.25, -0.2) is 4.98 Å². The first-order valence-electron chi connectivity index (χ1n) is 10.6. The van der Waals surface area contributed by atoms with Crippen LogP contribution in [0.2, 0.25) is 0 Å². The lowest BCUT2D eigenvalue weighted by molar-refractivity contribution is -0.126. The standard InChI is InChI=1S/C22H32N4O/c1-26-14-6-2-3-9-20(26)22(27)23-15-16-10-12-17(13-11-16)21-24-18-7-4-5-8-19(18)25-21/h4-5,7-8,16-17,20H,2-3,6,9-15H2,1H3,(H,23,27)(H,24,25)/t16?,17?,20-/m1/s1. The Morgan fingerprint density at radius 2 is 1.96 bits per heavy atom. The van der Waals surface area contributed by atoms with Crippen molar-refractivity contribution in [3.63, 3.8) is 0 Å². The first-order chi connectivity index (χ1) is 13.2. The van der Waals surface area contributed by atoms with Crippen molar-refractivity contribution in [1.29, 1.82) is 0 Å². The Kier molecular flexibility index (Phi) is 5.77. The Labute approximate surface area is 161 Å². The Balaban J connectivity index is 1.26. The van der Waals surface area contributed by atoms with E-state index < -0.39 is 0 Å². The molecule has 1 amide bonds. The lowest BCUT2D eigenvalue weighted by Crippen LogP contribution is -2.46. The van der Waals surface area contributed by atoms with Crippen molar-refractivity contribution in [2.75, 3.05) is 20.1 Å².